The van der Waals surface area contributed by atoms with Crippen LogP contribution in [0.3, 0.4) is 0 Å². The lowest BCUT2D eigenvalue weighted by molar-refractivity contribution is -0.129. The summed E-state index contributed by atoms with van der Waals surface area (Å²) in [5.74, 6) is 0.616. The lowest BCUT2D eigenvalue weighted by Gasteiger charge is -2.28. The van der Waals surface area contributed by atoms with Gasteiger partial charge in [0.15, 0.2) is 6.10 Å². The molecule has 1 aliphatic rings. The summed E-state index contributed by atoms with van der Waals surface area (Å²) in [4.78, 5) is 12.7. The van der Waals surface area contributed by atoms with Crippen LogP contribution in [-0.2, 0) is 11.2 Å². The van der Waals surface area contributed by atoms with Crippen molar-refractivity contribution in [1.82, 2.24) is 5.32 Å². The van der Waals surface area contributed by atoms with Crippen molar-refractivity contribution in [2.45, 2.75) is 51.7 Å². The largest absolute Gasteiger partial charge is 0.481 e. The van der Waals surface area contributed by atoms with Crippen LogP contribution < -0.4 is 10.1 Å². The molecule has 0 heterocycles. The molecule has 1 amide bonds. The maximum Gasteiger partial charge on any atom is 0.261 e. The number of carbonyl (C=O) groups is 1. The molecule has 0 spiro atoms. The molecule has 1 aliphatic carbocycles. The fraction of sp³-hybridized carbons (Fsp3) is 0.381. The molecule has 3 rings (SSSR count). The van der Waals surface area contributed by atoms with Crippen molar-refractivity contribution in [1.29, 1.82) is 0 Å². The number of ether oxygens (including phenoxy) is 1. The Balaban J connectivity index is 1.70. The molecule has 2 atom stereocenters. The molecule has 0 saturated carbocycles. The summed E-state index contributed by atoms with van der Waals surface area (Å²) in [6.45, 7) is 3.89. The van der Waals surface area contributed by atoms with E-state index in [1.807, 2.05) is 26.0 Å². The summed E-state index contributed by atoms with van der Waals surface area (Å²) in [6, 6.07) is 13.9. The molecule has 2 aromatic carbocycles. The van der Waals surface area contributed by atoms with Crippen molar-refractivity contribution >= 4 is 17.5 Å². The van der Waals surface area contributed by atoms with E-state index < -0.39 is 6.10 Å². The van der Waals surface area contributed by atoms with Crippen LogP contribution in [0, 0.1) is 6.92 Å². The zero-order chi connectivity index (χ0) is 17.8. The number of hydrogen-bond acceptors (Lipinski definition) is 2. The average molecular weight is 358 g/mol. The molecule has 0 radical (unpaired) electrons. The summed E-state index contributed by atoms with van der Waals surface area (Å²) in [5, 5.41) is 3.88. The van der Waals surface area contributed by atoms with E-state index in [2.05, 4.69) is 23.5 Å². The second kappa shape index (κ2) is 7.92. The van der Waals surface area contributed by atoms with E-state index >= 15 is 0 Å². The van der Waals surface area contributed by atoms with Gasteiger partial charge in [-0.25, -0.2) is 0 Å². The zero-order valence-corrected chi connectivity index (χ0v) is 15.5. The molecule has 25 heavy (non-hydrogen) atoms. The first-order valence-electron chi connectivity index (χ1n) is 8.89. The molecule has 0 aliphatic heterocycles. The van der Waals surface area contributed by atoms with Crippen LogP contribution in [-0.4, -0.2) is 12.0 Å². The number of rotatable bonds is 5. The molecule has 0 saturated heterocycles. The van der Waals surface area contributed by atoms with Crippen LogP contribution >= 0.6 is 11.6 Å². The Morgan fingerprint density at radius 2 is 2.12 bits per heavy atom. The van der Waals surface area contributed by atoms with Crippen LogP contribution in [0.2, 0.25) is 5.02 Å². The van der Waals surface area contributed by atoms with Gasteiger partial charge in [0.25, 0.3) is 5.91 Å². The number of fused-ring (bicyclic) bond motifs is 1. The zero-order valence-electron chi connectivity index (χ0n) is 14.7. The third-order valence-electron chi connectivity index (χ3n) is 4.76. The van der Waals surface area contributed by atoms with E-state index in [4.69, 9.17) is 16.3 Å². The number of benzene rings is 2. The monoisotopic (exact) mass is 357 g/mol. The fourth-order valence-electron chi connectivity index (χ4n) is 3.35. The molecular weight excluding hydrogens is 334 g/mol. The Kier molecular flexibility index (Phi) is 5.64. The summed E-state index contributed by atoms with van der Waals surface area (Å²) < 4.78 is 5.92. The van der Waals surface area contributed by atoms with Gasteiger partial charge in [0, 0.05) is 5.02 Å². The average Bonchev–Trinajstić information content (AvgIpc) is 2.63. The molecule has 4 heteroatoms. The van der Waals surface area contributed by atoms with Gasteiger partial charge in [-0.15, -0.1) is 0 Å². The first-order chi connectivity index (χ1) is 12.1. The SMILES string of the molecule is CC[C@@H](Oc1ccc(Cl)c(C)c1)C(=O)N[C@H]1CCCc2ccccc21. The Bertz CT molecular complexity index is 759. The van der Waals surface area contributed by atoms with Gasteiger partial charge in [0.05, 0.1) is 6.04 Å². The van der Waals surface area contributed by atoms with Gasteiger partial charge in [-0.2, -0.15) is 0 Å². The fourth-order valence-corrected chi connectivity index (χ4v) is 3.46. The quantitative estimate of drug-likeness (QED) is 0.817. The number of halogens is 1. The maximum atomic E-state index is 12.7. The second-order valence-corrected chi connectivity index (χ2v) is 6.99. The van der Waals surface area contributed by atoms with Crippen molar-refractivity contribution in [3.05, 3.63) is 64.2 Å². The van der Waals surface area contributed by atoms with E-state index in [9.17, 15) is 4.79 Å². The van der Waals surface area contributed by atoms with Gasteiger partial charge in [0.1, 0.15) is 5.75 Å². The maximum absolute atomic E-state index is 12.7. The van der Waals surface area contributed by atoms with Gasteiger partial charge in [0.2, 0.25) is 0 Å². The lowest BCUT2D eigenvalue weighted by Crippen LogP contribution is -2.41. The molecule has 1 N–H and O–H groups in total. The molecule has 0 unspecified atom stereocenters. The predicted molar refractivity (Wildman–Crippen MR) is 101 cm³/mol. The molecular formula is C21H24ClNO2. The summed E-state index contributed by atoms with van der Waals surface area (Å²) in [7, 11) is 0. The number of amides is 1. The van der Waals surface area contributed by atoms with Gasteiger partial charge >= 0.3 is 0 Å². The molecule has 132 valence electrons. The van der Waals surface area contributed by atoms with Crippen molar-refractivity contribution < 1.29 is 9.53 Å². The van der Waals surface area contributed by atoms with Crippen LogP contribution in [0.25, 0.3) is 0 Å². The van der Waals surface area contributed by atoms with Crippen molar-refractivity contribution in [3.8, 4) is 5.75 Å². The number of hydrogen-bond donors (Lipinski definition) is 1. The van der Waals surface area contributed by atoms with Crippen LogP contribution in [0.4, 0.5) is 0 Å². The van der Waals surface area contributed by atoms with Gasteiger partial charge < -0.3 is 10.1 Å². The van der Waals surface area contributed by atoms with Crippen LogP contribution in [0.15, 0.2) is 42.5 Å². The highest BCUT2D eigenvalue weighted by Crippen LogP contribution is 2.30. The Morgan fingerprint density at radius 1 is 1.32 bits per heavy atom. The van der Waals surface area contributed by atoms with E-state index in [0.29, 0.717) is 17.2 Å². The number of aryl methyl sites for hydroxylation is 2. The van der Waals surface area contributed by atoms with Gasteiger partial charge in [-0.1, -0.05) is 42.8 Å². The number of carbonyl (C=O) groups excluding carboxylic acids is 1. The minimum Gasteiger partial charge on any atom is -0.481 e. The molecule has 0 bridgehead atoms. The van der Waals surface area contributed by atoms with E-state index in [1.165, 1.54) is 11.1 Å². The Labute approximate surface area is 154 Å². The van der Waals surface area contributed by atoms with Crippen LogP contribution in [0.5, 0.6) is 5.75 Å². The van der Waals surface area contributed by atoms with Crippen molar-refractivity contribution in [2.24, 2.45) is 0 Å². The Morgan fingerprint density at radius 3 is 2.88 bits per heavy atom. The minimum absolute atomic E-state index is 0.0585. The van der Waals surface area contributed by atoms with E-state index in [0.717, 1.165) is 24.8 Å². The first-order valence-corrected chi connectivity index (χ1v) is 9.27. The normalized spacial score (nSPS) is 17.5. The van der Waals surface area contributed by atoms with Gasteiger partial charge in [-0.05, 0) is 67.5 Å². The third-order valence-corrected chi connectivity index (χ3v) is 5.18. The van der Waals surface area contributed by atoms with Gasteiger partial charge in [-0.3, -0.25) is 4.79 Å². The second-order valence-electron chi connectivity index (χ2n) is 6.58. The van der Waals surface area contributed by atoms with Crippen molar-refractivity contribution in [3.63, 3.8) is 0 Å². The summed E-state index contributed by atoms with van der Waals surface area (Å²) in [6.07, 6.45) is 3.26. The van der Waals surface area contributed by atoms with Crippen molar-refractivity contribution in [2.75, 3.05) is 0 Å². The third kappa shape index (κ3) is 4.16. The highest BCUT2D eigenvalue weighted by molar-refractivity contribution is 6.31. The summed E-state index contributed by atoms with van der Waals surface area (Å²) >= 11 is 6.06. The summed E-state index contributed by atoms with van der Waals surface area (Å²) in [5.41, 5.74) is 3.51. The smallest absolute Gasteiger partial charge is 0.261 e. The first kappa shape index (κ1) is 17.8. The highest BCUT2D eigenvalue weighted by atomic mass is 35.5. The van der Waals surface area contributed by atoms with E-state index in [1.54, 1.807) is 12.1 Å². The highest BCUT2D eigenvalue weighted by Gasteiger charge is 2.25. The van der Waals surface area contributed by atoms with E-state index in [-0.39, 0.29) is 11.9 Å². The molecule has 3 nitrogen and oxygen atoms in total. The number of nitrogens with one attached hydrogen (secondary N) is 1. The minimum atomic E-state index is -0.505. The molecule has 0 aromatic heterocycles. The predicted octanol–water partition coefficient (Wildman–Crippen LogP) is 5.00. The lowest BCUT2D eigenvalue weighted by atomic mass is 9.87. The Hall–Kier alpha value is -2.00. The topological polar surface area (TPSA) is 38.3 Å². The standard InChI is InChI=1S/C21H24ClNO2/c1-3-20(25-16-11-12-18(22)14(2)13-16)21(24)23-19-10-6-8-15-7-4-5-9-17(15)19/h4-5,7,9,11-13,19-20H,3,6,8,10H2,1-2H3,(H,23,24)/t19-,20+/m0/s1. The molecule has 2 aromatic rings. The van der Waals surface area contributed by atoms with Crippen LogP contribution in [0.1, 0.15) is 48.9 Å². The molecule has 0 fully saturated rings.